The van der Waals surface area contributed by atoms with Crippen LogP contribution in [-0.2, 0) is 0 Å². The molecular weight excluding hydrogens is 396 g/mol. The highest BCUT2D eigenvalue weighted by Crippen LogP contribution is 2.29. The number of aromatic amines is 1. The predicted octanol–water partition coefficient (Wildman–Crippen LogP) is 2.62. The molecule has 1 N–H and O–H groups in total. The summed E-state index contributed by atoms with van der Waals surface area (Å²) in [6.07, 6.45) is 3.11. The number of benzene rings is 2. The summed E-state index contributed by atoms with van der Waals surface area (Å²) in [5.41, 5.74) is 1.19. The lowest BCUT2D eigenvalue weighted by Gasteiger charge is -2.10. The number of carbonyl (C=O) groups is 1. The summed E-state index contributed by atoms with van der Waals surface area (Å²) in [6, 6.07) is 17.4. The molecule has 0 atom stereocenters. The molecule has 0 bridgehead atoms. The van der Waals surface area contributed by atoms with Gasteiger partial charge in [-0.15, -0.1) is 0 Å². The van der Waals surface area contributed by atoms with Crippen LogP contribution in [0.2, 0.25) is 0 Å². The van der Waals surface area contributed by atoms with Gasteiger partial charge in [-0.2, -0.15) is 0 Å². The molecule has 156 valence electrons. The molecule has 0 aliphatic heterocycles. The van der Waals surface area contributed by atoms with E-state index < -0.39 is 5.97 Å². The Labute approximate surface area is 177 Å². The van der Waals surface area contributed by atoms with Crippen LogP contribution in [0.3, 0.4) is 0 Å². The Bertz CT molecular complexity index is 1370. The van der Waals surface area contributed by atoms with Gasteiger partial charge in [-0.05, 0) is 55.0 Å². The number of nitrogens with one attached hydrogen (secondary N) is 1. The molecule has 0 aliphatic rings. The van der Waals surface area contributed by atoms with E-state index >= 15 is 0 Å². The molecule has 0 unspecified atom stereocenters. The zero-order valence-corrected chi connectivity index (χ0v) is 16.8. The van der Waals surface area contributed by atoms with Crippen LogP contribution >= 0.6 is 0 Å². The van der Waals surface area contributed by atoms with Crippen molar-refractivity contribution in [3.05, 3.63) is 99.2 Å². The van der Waals surface area contributed by atoms with Gasteiger partial charge in [0.15, 0.2) is 11.5 Å². The van der Waals surface area contributed by atoms with Gasteiger partial charge in [-0.1, -0.05) is 30.8 Å². The maximum absolute atomic E-state index is 12.9. The molecule has 2 aromatic carbocycles. The molecule has 2 heterocycles. The van der Waals surface area contributed by atoms with Crippen molar-refractivity contribution in [1.29, 1.82) is 0 Å². The van der Waals surface area contributed by atoms with E-state index in [0.29, 0.717) is 34.2 Å². The van der Waals surface area contributed by atoms with Crippen molar-refractivity contribution in [3.63, 3.8) is 0 Å². The minimum atomic E-state index is -0.626. The van der Waals surface area contributed by atoms with Gasteiger partial charge < -0.3 is 13.9 Å². The number of esters is 1. The third-order valence-corrected chi connectivity index (χ3v) is 4.52. The van der Waals surface area contributed by atoms with Crippen molar-refractivity contribution in [2.24, 2.45) is 0 Å². The molecule has 0 amide bonds. The van der Waals surface area contributed by atoms with Gasteiger partial charge in [-0.25, -0.2) is 9.48 Å². The molecule has 4 rings (SSSR count). The van der Waals surface area contributed by atoms with E-state index in [1.54, 1.807) is 30.3 Å². The fourth-order valence-corrected chi connectivity index (χ4v) is 3.08. The molecule has 0 saturated carbocycles. The number of ether oxygens (including phenoxy) is 2. The van der Waals surface area contributed by atoms with E-state index in [1.165, 1.54) is 17.0 Å². The number of para-hydroxylation sites is 1. The fourth-order valence-electron chi connectivity index (χ4n) is 3.08. The summed E-state index contributed by atoms with van der Waals surface area (Å²) in [5.74, 6) is 0.0967. The third-order valence-electron chi connectivity index (χ3n) is 4.52. The summed E-state index contributed by atoms with van der Waals surface area (Å²) in [6.45, 7) is 6.15. The lowest BCUT2D eigenvalue weighted by atomic mass is 10.1. The summed E-state index contributed by atoms with van der Waals surface area (Å²) in [7, 11) is 0. The number of aromatic nitrogens is 2. The molecule has 2 aromatic heterocycles. The van der Waals surface area contributed by atoms with Crippen molar-refractivity contribution in [2.75, 3.05) is 6.61 Å². The van der Waals surface area contributed by atoms with Crippen molar-refractivity contribution >= 4 is 18.6 Å². The van der Waals surface area contributed by atoms with Gasteiger partial charge in [0.2, 0.25) is 5.76 Å². The molecule has 0 aliphatic carbocycles. The third kappa shape index (κ3) is 4.20. The number of hydrogen-bond acceptors (Lipinski definition) is 5. The summed E-state index contributed by atoms with van der Waals surface area (Å²) in [4.78, 5) is 25.1. The normalized spacial score (nSPS) is 11.5. The SMILES string of the molecule is C=c1[nH]n(-c2ccccc2)c(=O)/c1=C/c1ccc(OC(=O)c2ccco2)c(OCC)c1. The number of nitrogens with zero attached hydrogens (tertiary/aromatic N) is 1. The summed E-state index contributed by atoms with van der Waals surface area (Å²) < 4.78 is 17.5. The minimum absolute atomic E-state index is 0.0913. The quantitative estimate of drug-likeness (QED) is 0.386. The number of H-pyrrole nitrogens is 1. The minimum Gasteiger partial charge on any atom is -0.490 e. The van der Waals surface area contributed by atoms with Crippen LogP contribution in [0.5, 0.6) is 11.5 Å². The fraction of sp³-hybridized carbons (Fsp3) is 0.0833. The van der Waals surface area contributed by atoms with E-state index in [9.17, 15) is 9.59 Å². The topological polar surface area (TPSA) is 86.5 Å². The Kier molecular flexibility index (Phi) is 5.57. The molecule has 4 aromatic rings. The van der Waals surface area contributed by atoms with Crippen LogP contribution in [0.15, 0.2) is 76.1 Å². The molecule has 31 heavy (non-hydrogen) atoms. The lowest BCUT2D eigenvalue weighted by Crippen LogP contribution is -2.33. The highest BCUT2D eigenvalue weighted by Gasteiger charge is 2.15. The zero-order chi connectivity index (χ0) is 21.8. The average Bonchev–Trinajstić information content (AvgIpc) is 3.41. The molecule has 7 heteroatoms. The molecule has 0 fully saturated rings. The van der Waals surface area contributed by atoms with Crippen molar-refractivity contribution in [1.82, 2.24) is 9.78 Å². The zero-order valence-electron chi connectivity index (χ0n) is 16.8. The Balaban J connectivity index is 1.71. The van der Waals surface area contributed by atoms with Crippen LogP contribution in [0.25, 0.3) is 18.3 Å². The number of carbonyl (C=O) groups excluding carboxylic acids is 1. The van der Waals surface area contributed by atoms with Crippen molar-refractivity contribution in [2.45, 2.75) is 6.92 Å². The maximum Gasteiger partial charge on any atom is 0.379 e. The Hall–Kier alpha value is -4.26. The van der Waals surface area contributed by atoms with E-state index in [0.717, 1.165) is 0 Å². The number of hydrogen-bond donors (Lipinski definition) is 1. The van der Waals surface area contributed by atoms with Crippen LogP contribution in [-0.4, -0.2) is 22.4 Å². The van der Waals surface area contributed by atoms with Crippen LogP contribution < -0.4 is 25.6 Å². The maximum atomic E-state index is 12.9. The molecular formula is C24H20N2O5. The van der Waals surface area contributed by atoms with Gasteiger partial charge in [-0.3, -0.25) is 9.89 Å². The second-order valence-electron chi connectivity index (χ2n) is 6.63. The van der Waals surface area contributed by atoms with E-state index in [2.05, 4.69) is 11.7 Å². The molecule has 7 nitrogen and oxygen atoms in total. The smallest absolute Gasteiger partial charge is 0.379 e. The second kappa shape index (κ2) is 8.62. The largest absolute Gasteiger partial charge is 0.490 e. The highest BCUT2D eigenvalue weighted by atomic mass is 16.6. The van der Waals surface area contributed by atoms with E-state index in [1.807, 2.05) is 37.3 Å². The van der Waals surface area contributed by atoms with Crippen molar-refractivity contribution < 1.29 is 18.7 Å². The van der Waals surface area contributed by atoms with Gasteiger partial charge in [0.05, 0.1) is 29.1 Å². The first kappa shape index (κ1) is 20.0. The number of furan rings is 1. The Morgan fingerprint density at radius 2 is 1.94 bits per heavy atom. The van der Waals surface area contributed by atoms with E-state index in [4.69, 9.17) is 13.9 Å². The first-order valence-corrected chi connectivity index (χ1v) is 9.66. The van der Waals surface area contributed by atoms with Gasteiger partial charge in [0.25, 0.3) is 5.56 Å². The molecule has 0 saturated heterocycles. The Morgan fingerprint density at radius 1 is 1.13 bits per heavy atom. The Morgan fingerprint density at radius 3 is 2.65 bits per heavy atom. The van der Waals surface area contributed by atoms with Crippen LogP contribution in [0, 0.1) is 0 Å². The van der Waals surface area contributed by atoms with Crippen LogP contribution in [0.4, 0.5) is 0 Å². The molecule has 0 spiro atoms. The average molecular weight is 416 g/mol. The first-order valence-electron chi connectivity index (χ1n) is 9.66. The lowest BCUT2D eigenvalue weighted by molar-refractivity contribution is 0.0695. The van der Waals surface area contributed by atoms with Gasteiger partial charge in [0.1, 0.15) is 0 Å². The second-order valence-corrected chi connectivity index (χ2v) is 6.63. The first-order chi connectivity index (χ1) is 15.1. The van der Waals surface area contributed by atoms with Gasteiger partial charge >= 0.3 is 5.97 Å². The van der Waals surface area contributed by atoms with E-state index in [-0.39, 0.29) is 17.1 Å². The monoisotopic (exact) mass is 416 g/mol. The number of rotatable bonds is 6. The van der Waals surface area contributed by atoms with Gasteiger partial charge in [0, 0.05) is 0 Å². The molecule has 0 radical (unpaired) electrons. The summed E-state index contributed by atoms with van der Waals surface area (Å²) in [5, 5.41) is 3.90. The highest BCUT2D eigenvalue weighted by molar-refractivity contribution is 5.88. The van der Waals surface area contributed by atoms with Crippen molar-refractivity contribution in [3.8, 4) is 17.2 Å². The predicted molar refractivity (Wildman–Crippen MR) is 116 cm³/mol. The summed E-state index contributed by atoms with van der Waals surface area (Å²) >= 11 is 0. The standard InChI is InChI=1S/C24H20N2O5/c1-3-29-22-15-17(11-12-20(22)31-24(28)21-10-7-13-30-21)14-19-16(2)25-26(23(19)27)18-8-5-4-6-9-18/h4-15,25H,2-3H2,1H3/b19-14+. The van der Waals surface area contributed by atoms with Crippen LogP contribution in [0.1, 0.15) is 23.0 Å².